The summed E-state index contributed by atoms with van der Waals surface area (Å²) in [7, 11) is -2.40. The number of hydrogen-bond acceptors (Lipinski definition) is 2. The normalized spacial score (nSPS) is 13.0. The molecule has 0 saturated heterocycles. The zero-order chi connectivity index (χ0) is 15.3. The standard InChI is InChI=1S/C14H20I2S2Si2/c1-19(2,3)11-7-9(15)13(17-11)14-10(16)8-12(18-14)20(4,5)6/h7-8H,1-6H3. The summed E-state index contributed by atoms with van der Waals surface area (Å²) in [6, 6.07) is 4.85. The van der Waals surface area contributed by atoms with Gasteiger partial charge in [-0.05, 0) is 66.3 Å². The van der Waals surface area contributed by atoms with Crippen LogP contribution >= 0.6 is 67.9 Å². The summed E-state index contributed by atoms with van der Waals surface area (Å²) in [6.07, 6.45) is 0. The third-order valence-electron chi connectivity index (χ3n) is 3.06. The van der Waals surface area contributed by atoms with Gasteiger partial charge in [-0.2, -0.15) is 0 Å². The molecule has 2 heterocycles. The van der Waals surface area contributed by atoms with E-state index in [1.165, 1.54) is 16.9 Å². The fourth-order valence-electron chi connectivity index (χ4n) is 1.79. The molecule has 0 fully saturated rings. The molecule has 0 aromatic carbocycles. The molecule has 0 bridgehead atoms. The summed E-state index contributed by atoms with van der Waals surface area (Å²) >= 11 is 9.10. The van der Waals surface area contributed by atoms with E-state index in [4.69, 9.17) is 0 Å². The van der Waals surface area contributed by atoms with Gasteiger partial charge in [0.2, 0.25) is 0 Å². The van der Waals surface area contributed by atoms with Crippen LogP contribution in [0.5, 0.6) is 0 Å². The van der Waals surface area contributed by atoms with Crippen molar-refractivity contribution in [2.75, 3.05) is 0 Å². The van der Waals surface area contributed by atoms with Gasteiger partial charge in [0.05, 0.1) is 25.9 Å². The van der Waals surface area contributed by atoms with E-state index in [1.54, 1.807) is 9.00 Å². The molecule has 2 aromatic rings. The van der Waals surface area contributed by atoms with Crippen LogP contribution in [0.25, 0.3) is 9.75 Å². The zero-order valence-corrected chi connectivity index (χ0v) is 20.7. The van der Waals surface area contributed by atoms with E-state index in [1.807, 2.05) is 22.7 Å². The first-order valence-electron chi connectivity index (χ1n) is 6.60. The van der Waals surface area contributed by atoms with Gasteiger partial charge in [-0.1, -0.05) is 39.3 Å². The molecule has 0 unspecified atom stereocenters. The van der Waals surface area contributed by atoms with Gasteiger partial charge in [-0.15, -0.1) is 22.7 Å². The Morgan fingerprint density at radius 2 is 1.00 bits per heavy atom. The van der Waals surface area contributed by atoms with Gasteiger partial charge in [0.25, 0.3) is 0 Å². The molecule has 2 rings (SSSR count). The van der Waals surface area contributed by atoms with E-state index in [0.717, 1.165) is 0 Å². The van der Waals surface area contributed by atoms with E-state index < -0.39 is 16.1 Å². The maximum Gasteiger partial charge on any atom is 0.0904 e. The summed E-state index contributed by atoms with van der Waals surface area (Å²) in [5.41, 5.74) is 0. The van der Waals surface area contributed by atoms with Gasteiger partial charge >= 0.3 is 0 Å². The van der Waals surface area contributed by atoms with Gasteiger partial charge in [-0.3, -0.25) is 0 Å². The minimum Gasteiger partial charge on any atom is -0.143 e. The van der Waals surface area contributed by atoms with Crippen molar-refractivity contribution in [2.45, 2.75) is 39.3 Å². The number of rotatable bonds is 3. The Morgan fingerprint density at radius 3 is 1.20 bits per heavy atom. The highest BCUT2D eigenvalue weighted by molar-refractivity contribution is 14.1. The average molecular weight is 562 g/mol. The van der Waals surface area contributed by atoms with E-state index in [2.05, 4.69) is 96.6 Å². The summed E-state index contributed by atoms with van der Waals surface area (Å²) in [5.74, 6) is 0. The van der Waals surface area contributed by atoms with Gasteiger partial charge in [0.1, 0.15) is 0 Å². The molecule has 0 amide bonds. The van der Waals surface area contributed by atoms with Crippen LogP contribution < -0.4 is 9.00 Å². The van der Waals surface area contributed by atoms with E-state index in [9.17, 15) is 0 Å². The maximum absolute atomic E-state index is 2.52. The minimum atomic E-state index is -1.20. The lowest BCUT2D eigenvalue weighted by atomic mass is 10.4. The third-order valence-corrected chi connectivity index (χ3v) is 15.1. The Kier molecular flexibility index (Phi) is 5.35. The van der Waals surface area contributed by atoms with Crippen LogP contribution in [0.4, 0.5) is 0 Å². The van der Waals surface area contributed by atoms with Crippen molar-refractivity contribution in [1.82, 2.24) is 0 Å². The lowest BCUT2D eigenvalue weighted by Gasteiger charge is -2.12. The molecule has 0 aliphatic rings. The van der Waals surface area contributed by atoms with Crippen LogP contribution in [-0.2, 0) is 0 Å². The zero-order valence-electron chi connectivity index (χ0n) is 12.7. The van der Waals surface area contributed by atoms with Crippen molar-refractivity contribution in [3.63, 3.8) is 0 Å². The Bertz CT molecular complexity index is 574. The fourth-order valence-corrected chi connectivity index (χ4v) is 11.0. The molecule has 0 N–H and O–H groups in total. The van der Waals surface area contributed by atoms with Crippen molar-refractivity contribution in [1.29, 1.82) is 0 Å². The predicted molar refractivity (Wildman–Crippen MR) is 119 cm³/mol. The third kappa shape index (κ3) is 3.79. The summed E-state index contributed by atoms with van der Waals surface area (Å²) in [4.78, 5) is 3.00. The molecular formula is C14H20I2S2Si2. The first-order valence-corrected chi connectivity index (χ1v) is 17.4. The van der Waals surface area contributed by atoms with Crippen LogP contribution in [0.3, 0.4) is 0 Å². The second-order valence-corrected chi connectivity index (χ2v) is 22.3. The maximum atomic E-state index is 2.52. The Balaban J connectivity index is 2.53. The second kappa shape index (κ2) is 6.06. The molecule has 2 aromatic heterocycles. The quantitative estimate of drug-likeness (QED) is 0.329. The largest absolute Gasteiger partial charge is 0.143 e. The number of hydrogen-bond donors (Lipinski definition) is 0. The van der Waals surface area contributed by atoms with Gasteiger partial charge in [-0.25, -0.2) is 0 Å². The Hall–Kier alpha value is 1.29. The molecule has 0 nitrogen and oxygen atoms in total. The number of thiophene rings is 2. The molecule has 0 atom stereocenters. The predicted octanol–water partition coefficient (Wildman–Crippen LogP) is 5.78. The lowest BCUT2D eigenvalue weighted by Crippen LogP contribution is -2.34. The Labute approximate surface area is 159 Å². The molecule has 20 heavy (non-hydrogen) atoms. The van der Waals surface area contributed by atoms with Crippen LogP contribution in [0, 0.1) is 7.14 Å². The van der Waals surface area contributed by atoms with Crippen LogP contribution in [-0.4, -0.2) is 16.1 Å². The van der Waals surface area contributed by atoms with Gasteiger partial charge < -0.3 is 0 Å². The highest BCUT2D eigenvalue weighted by atomic mass is 127. The van der Waals surface area contributed by atoms with E-state index >= 15 is 0 Å². The van der Waals surface area contributed by atoms with Gasteiger partial charge in [0.15, 0.2) is 0 Å². The van der Waals surface area contributed by atoms with Crippen LogP contribution in [0.15, 0.2) is 12.1 Å². The van der Waals surface area contributed by atoms with Crippen LogP contribution in [0.2, 0.25) is 39.3 Å². The molecule has 0 aliphatic carbocycles. The molecule has 110 valence electrons. The van der Waals surface area contributed by atoms with Crippen molar-refractivity contribution in [3.8, 4) is 9.75 Å². The Morgan fingerprint density at radius 1 is 0.700 bits per heavy atom. The molecular weight excluding hydrogens is 542 g/mol. The molecule has 6 heteroatoms. The SMILES string of the molecule is C[Si](C)(C)c1cc(I)c(-c2sc([Si](C)(C)C)cc2I)s1. The van der Waals surface area contributed by atoms with Crippen molar-refractivity contribution in [3.05, 3.63) is 19.3 Å². The first-order chi connectivity index (χ1) is 9.00. The van der Waals surface area contributed by atoms with Crippen LogP contribution in [0.1, 0.15) is 0 Å². The molecule has 0 spiro atoms. The lowest BCUT2D eigenvalue weighted by molar-refractivity contribution is 1.75. The van der Waals surface area contributed by atoms with Gasteiger partial charge in [0, 0.05) is 7.14 Å². The minimum absolute atomic E-state index is 1.20. The highest BCUT2D eigenvalue weighted by Gasteiger charge is 2.25. The first kappa shape index (κ1) is 17.6. The van der Waals surface area contributed by atoms with Crippen molar-refractivity contribution in [2.24, 2.45) is 0 Å². The van der Waals surface area contributed by atoms with E-state index in [-0.39, 0.29) is 0 Å². The summed E-state index contributed by atoms with van der Waals surface area (Å²) < 4.78 is 6.12. The monoisotopic (exact) mass is 562 g/mol. The molecule has 0 radical (unpaired) electrons. The number of halogens is 2. The average Bonchev–Trinajstić information content (AvgIpc) is 2.80. The summed E-state index contributed by atoms with van der Waals surface area (Å²) in [5, 5.41) is 0. The topological polar surface area (TPSA) is 0 Å². The highest BCUT2D eigenvalue weighted by Crippen LogP contribution is 2.37. The summed E-state index contributed by atoms with van der Waals surface area (Å²) in [6.45, 7) is 14.6. The van der Waals surface area contributed by atoms with Crippen molar-refractivity contribution >= 4 is 93.0 Å². The second-order valence-electron chi connectivity index (χ2n) is 7.08. The molecule has 0 aliphatic heterocycles. The van der Waals surface area contributed by atoms with Crippen molar-refractivity contribution < 1.29 is 0 Å². The fraction of sp³-hybridized carbons (Fsp3) is 0.429. The smallest absolute Gasteiger partial charge is 0.0904 e. The molecule has 0 saturated carbocycles. The van der Waals surface area contributed by atoms with E-state index in [0.29, 0.717) is 0 Å².